The number of fused-ring (bicyclic) bond motifs is 10. The summed E-state index contributed by atoms with van der Waals surface area (Å²) in [5.74, 6) is 3.81. The van der Waals surface area contributed by atoms with Crippen molar-refractivity contribution in [3.8, 4) is 23.0 Å². The highest BCUT2D eigenvalue weighted by Gasteiger charge is 2.48. The molecule has 166 valence electrons. The summed E-state index contributed by atoms with van der Waals surface area (Å²) in [7, 11) is 0. The third kappa shape index (κ3) is 2.44. The zero-order chi connectivity index (χ0) is 23.4. The lowest BCUT2D eigenvalue weighted by molar-refractivity contribution is 0.451. The Kier molecular flexibility index (Phi) is 3.86. The van der Waals surface area contributed by atoms with Crippen LogP contribution < -0.4 is 42.3 Å². The van der Waals surface area contributed by atoms with E-state index in [0.29, 0.717) is 0 Å². The maximum absolute atomic E-state index is 6.80. The van der Waals surface area contributed by atoms with Gasteiger partial charge in [0.1, 0.15) is 23.0 Å². The third-order valence-electron chi connectivity index (χ3n) is 7.74. The van der Waals surface area contributed by atoms with Crippen LogP contribution in [0.4, 0.5) is 0 Å². The maximum atomic E-state index is 6.80. The number of rotatable bonds is 0. The van der Waals surface area contributed by atoms with Gasteiger partial charge in [-0.05, 0) is 40.7 Å². The van der Waals surface area contributed by atoms with Crippen LogP contribution in [0, 0.1) is 0 Å². The van der Waals surface area contributed by atoms with E-state index in [0.717, 1.165) is 23.0 Å². The molecule has 0 amide bonds. The van der Waals surface area contributed by atoms with Crippen molar-refractivity contribution in [2.75, 3.05) is 0 Å². The lowest BCUT2D eigenvalue weighted by Gasteiger charge is -2.40. The van der Waals surface area contributed by atoms with Crippen molar-refractivity contribution in [2.24, 2.45) is 0 Å². The van der Waals surface area contributed by atoms with Crippen LogP contribution >= 0.6 is 23.5 Å². The number of benzene rings is 5. The first-order valence-electron chi connectivity index (χ1n) is 12.2. The first-order chi connectivity index (χ1) is 17.9. The minimum atomic E-state index is 0.0837. The van der Waals surface area contributed by atoms with Crippen molar-refractivity contribution in [2.45, 2.75) is 19.6 Å². The molecular weight excluding hydrogens is 478 g/mol. The van der Waals surface area contributed by atoms with Gasteiger partial charge in [-0.15, -0.1) is 0 Å². The van der Waals surface area contributed by atoms with Crippen molar-refractivity contribution in [1.82, 2.24) is 0 Å². The second-order valence-electron chi connectivity index (χ2n) is 9.57. The Balaban J connectivity index is 1.43. The van der Waals surface area contributed by atoms with Crippen LogP contribution in [0.3, 0.4) is 0 Å². The molecule has 0 fully saturated rings. The molecule has 0 atom stereocenters. The van der Waals surface area contributed by atoms with Crippen molar-refractivity contribution in [1.29, 1.82) is 0 Å². The SMILES string of the molecule is c1ccc2c(c1)Oc1c3c4c(c5c1B2c1ccccc1O5)Sc1ccccc1B4c1ccccc1S3. The van der Waals surface area contributed by atoms with E-state index in [4.69, 9.17) is 9.47 Å². The van der Waals surface area contributed by atoms with Crippen molar-refractivity contribution >= 4 is 69.7 Å². The summed E-state index contributed by atoms with van der Waals surface area (Å²) in [5.41, 5.74) is 7.62. The van der Waals surface area contributed by atoms with Gasteiger partial charge in [-0.1, -0.05) is 107 Å². The third-order valence-corrected chi connectivity index (χ3v) is 10.1. The minimum absolute atomic E-state index is 0.0837. The monoisotopic (exact) mass is 494 g/mol. The van der Waals surface area contributed by atoms with Crippen LogP contribution in [-0.2, 0) is 0 Å². The maximum Gasteiger partial charge on any atom is 0.260 e. The molecule has 2 nitrogen and oxygen atoms in total. The van der Waals surface area contributed by atoms with Gasteiger partial charge < -0.3 is 9.47 Å². The molecule has 0 radical (unpaired) electrons. The summed E-state index contributed by atoms with van der Waals surface area (Å²) >= 11 is 3.69. The van der Waals surface area contributed by atoms with Crippen molar-refractivity contribution < 1.29 is 9.47 Å². The predicted molar refractivity (Wildman–Crippen MR) is 150 cm³/mol. The van der Waals surface area contributed by atoms with E-state index in [1.165, 1.54) is 52.4 Å². The molecule has 36 heavy (non-hydrogen) atoms. The highest BCUT2D eigenvalue weighted by atomic mass is 32.2. The molecule has 4 aliphatic rings. The molecule has 5 aromatic carbocycles. The van der Waals surface area contributed by atoms with Crippen LogP contribution in [0.1, 0.15) is 0 Å². The Morgan fingerprint density at radius 2 is 0.861 bits per heavy atom. The van der Waals surface area contributed by atoms with Crippen molar-refractivity contribution in [3.63, 3.8) is 0 Å². The van der Waals surface area contributed by atoms with E-state index in [2.05, 4.69) is 97.1 Å². The molecule has 0 N–H and O–H groups in total. The molecular formula is C30H16B2O2S2. The standard InChI is InChI=1S/C30H16B2O2S2/c1-5-13-21-17(9-1)31-18-10-2-6-14-22(18)34-28-25(31)27(33-21)29-26-30(28)36-24-16-8-4-12-20(24)32(26)19-11-3-7-15-23(19)35-29/h1-16H. The smallest absolute Gasteiger partial charge is 0.260 e. The molecule has 0 aliphatic carbocycles. The van der Waals surface area contributed by atoms with Gasteiger partial charge in [0.05, 0.1) is 9.79 Å². The van der Waals surface area contributed by atoms with Gasteiger partial charge in [-0.3, -0.25) is 0 Å². The Morgan fingerprint density at radius 1 is 0.444 bits per heavy atom. The Hall–Kier alpha value is -3.47. The molecule has 9 rings (SSSR count). The van der Waals surface area contributed by atoms with E-state index in [1.54, 1.807) is 0 Å². The quantitative estimate of drug-likeness (QED) is 0.298. The number of para-hydroxylation sites is 2. The van der Waals surface area contributed by atoms with E-state index in [1.807, 2.05) is 23.5 Å². The fourth-order valence-corrected chi connectivity index (χ4v) is 8.82. The van der Waals surface area contributed by atoms with Crippen LogP contribution in [-0.4, -0.2) is 13.4 Å². The van der Waals surface area contributed by atoms with Gasteiger partial charge in [0, 0.05) is 15.3 Å². The normalized spacial score (nSPS) is 14.8. The molecule has 0 saturated carbocycles. The number of hydrogen-bond acceptors (Lipinski definition) is 4. The van der Waals surface area contributed by atoms with Gasteiger partial charge >= 0.3 is 0 Å². The highest BCUT2D eigenvalue weighted by Crippen LogP contribution is 2.49. The lowest BCUT2D eigenvalue weighted by atomic mass is 9.33. The highest BCUT2D eigenvalue weighted by molar-refractivity contribution is 8.01. The minimum Gasteiger partial charge on any atom is -0.457 e. The van der Waals surface area contributed by atoms with Gasteiger partial charge in [-0.2, -0.15) is 0 Å². The summed E-state index contributed by atoms with van der Waals surface area (Å²) in [4.78, 5) is 5.07. The second kappa shape index (κ2) is 7.06. The topological polar surface area (TPSA) is 18.5 Å². The van der Waals surface area contributed by atoms with Crippen LogP contribution in [0.5, 0.6) is 23.0 Å². The molecule has 0 saturated heterocycles. The molecule has 4 heterocycles. The zero-order valence-corrected chi connectivity index (χ0v) is 20.7. The molecule has 4 aliphatic heterocycles. The molecule has 5 aromatic rings. The summed E-state index contributed by atoms with van der Waals surface area (Å²) in [5, 5.41) is 0. The van der Waals surface area contributed by atoms with Gasteiger partial charge in [-0.25, -0.2) is 0 Å². The molecule has 0 spiro atoms. The summed E-state index contributed by atoms with van der Waals surface area (Å²) in [6.45, 7) is 0.242. The average Bonchev–Trinajstić information content (AvgIpc) is 2.94. The Morgan fingerprint density at radius 3 is 1.39 bits per heavy atom. The molecule has 6 heteroatoms. The first-order valence-corrected chi connectivity index (χ1v) is 13.8. The first kappa shape index (κ1) is 19.7. The van der Waals surface area contributed by atoms with E-state index in [-0.39, 0.29) is 13.4 Å². The fraction of sp³-hybridized carbons (Fsp3) is 0. The molecule has 0 aromatic heterocycles. The summed E-state index contributed by atoms with van der Waals surface area (Å²) in [6.07, 6.45) is 0. The summed E-state index contributed by atoms with van der Waals surface area (Å²) in [6, 6.07) is 34.6. The second-order valence-corrected chi connectivity index (χ2v) is 11.7. The average molecular weight is 494 g/mol. The largest absolute Gasteiger partial charge is 0.457 e. The predicted octanol–water partition coefficient (Wildman–Crippen LogP) is 3.86. The van der Waals surface area contributed by atoms with Gasteiger partial charge in [0.15, 0.2) is 0 Å². The van der Waals surface area contributed by atoms with Gasteiger partial charge in [0.2, 0.25) is 6.71 Å². The fourth-order valence-electron chi connectivity index (χ4n) is 6.27. The van der Waals surface area contributed by atoms with E-state index >= 15 is 0 Å². The number of hydrogen-bond donors (Lipinski definition) is 0. The number of ether oxygens (including phenoxy) is 2. The van der Waals surface area contributed by atoms with E-state index < -0.39 is 0 Å². The van der Waals surface area contributed by atoms with Crippen LogP contribution in [0.15, 0.2) is 117 Å². The van der Waals surface area contributed by atoms with Crippen LogP contribution in [0.25, 0.3) is 0 Å². The van der Waals surface area contributed by atoms with Crippen molar-refractivity contribution in [3.05, 3.63) is 97.1 Å². The zero-order valence-electron chi connectivity index (χ0n) is 19.0. The summed E-state index contributed by atoms with van der Waals surface area (Å²) < 4.78 is 13.6. The van der Waals surface area contributed by atoms with Crippen LogP contribution in [0.2, 0.25) is 0 Å². The molecule has 0 bridgehead atoms. The lowest BCUT2D eigenvalue weighted by Crippen LogP contribution is -2.62. The van der Waals surface area contributed by atoms with Gasteiger partial charge in [0.25, 0.3) is 6.71 Å². The van der Waals surface area contributed by atoms with E-state index in [9.17, 15) is 0 Å². The Bertz CT molecular complexity index is 1530. The Labute approximate surface area is 218 Å². The molecule has 0 unspecified atom stereocenters.